The van der Waals surface area contributed by atoms with Crippen molar-refractivity contribution >= 4 is 16.7 Å². The van der Waals surface area contributed by atoms with Crippen LogP contribution in [0.25, 0.3) is 11.0 Å². The fourth-order valence-corrected chi connectivity index (χ4v) is 2.34. The van der Waals surface area contributed by atoms with E-state index in [0.717, 1.165) is 4.57 Å². The Bertz CT molecular complexity index is 640. The highest BCUT2D eigenvalue weighted by atomic mass is 19.4. The fraction of sp³-hybridized carbons (Fsp3) is 0.462. The Hall–Kier alpha value is -1.80. The highest BCUT2D eigenvalue weighted by Gasteiger charge is 2.43. The van der Waals surface area contributed by atoms with Crippen LogP contribution >= 0.6 is 0 Å². The lowest BCUT2D eigenvalue weighted by Crippen LogP contribution is -2.43. The van der Waals surface area contributed by atoms with Gasteiger partial charge in [-0.15, -0.1) is 0 Å². The van der Waals surface area contributed by atoms with Crippen LogP contribution in [0.2, 0.25) is 0 Å². The summed E-state index contributed by atoms with van der Waals surface area (Å²) in [4.78, 5) is 3.59. The van der Waals surface area contributed by atoms with Crippen LogP contribution in [0.4, 0.5) is 18.9 Å². The van der Waals surface area contributed by atoms with Crippen molar-refractivity contribution < 1.29 is 23.4 Å². The maximum absolute atomic E-state index is 13.2. The number of imidazole rings is 1. The summed E-state index contributed by atoms with van der Waals surface area (Å²) in [6.45, 7) is 0.313. The molecule has 0 bridgehead atoms. The molecule has 2 rings (SSSR count). The van der Waals surface area contributed by atoms with E-state index in [1.165, 1.54) is 18.2 Å². The first kappa shape index (κ1) is 15.6. The summed E-state index contributed by atoms with van der Waals surface area (Å²) < 4.78 is 40.6. The predicted molar refractivity (Wildman–Crippen MR) is 71.6 cm³/mol. The number of halogens is 3. The Morgan fingerprint density at radius 1 is 1.24 bits per heavy atom. The molecule has 116 valence electrons. The number of benzene rings is 1. The maximum atomic E-state index is 13.2. The molecule has 0 aliphatic carbocycles. The van der Waals surface area contributed by atoms with E-state index in [2.05, 4.69) is 4.98 Å². The molecule has 1 heterocycles. The molecule has 2 aromatic rings. The number of hydrogen-bond acceptors (Lipinski definition) is 4. The Kier molecular flexibility index (Phi) is 3.85. The molecule has 1 aromatic heterocycles. The third kappa shape index (κ3) is 2.44. The molecule has 4 N–H and O–H groups in total. The molecule has 21 heavy (non-hydrogen) atoms. The zero-order chi connectivity index (χ0) is 15.8. The number of nitrogen functional groups attached to an aromatic ring is 1. The number of alkyl halides is 3. The van der Waals surface area contributed by atoms with Gasteiger partial charge in [-0.1, -0.05) is 6.92 Å². The summed E-state index contributed by atoms with van der Waals surface area (Å²) in [6.07, 6.45) is -4.60. The normalized spacial score (nSPS) is 13.0. The minimum Gasteiger partial charge on any atom is -0.399 e. The van der Waals surface area contributed by atoms with Gasteiger partial charge in [0.25, 0.3) is 0 Å². The number of anilines is 1. The minimum atomic E-state index is -4.71. The summed E-state index contributed by atoms with van der Waals surface area (Å²) in [7, 11) is 0. The van der Waals surface area contributed by atoms with Crippen molar-refractivity contribution in [1.82, 2.24) is 9.55 Å². The zero-order valence-corrected chi connectivity index (χ0v) is 11.4. The smallest absolute Gasteiger partial charge is 0.399 e. The molecule has 5 nitrogen and oxygen atoms in total. The van der Waals surface area contributed by atoms with Crippen molar-refractivity contribution in [2.45, 2.75) is 25.1 Å². The molecular weight excluding hydrogens is 287 g/mol. The summed E-state index contributed by atoms with van der Waals surface area (Å²) >= 11 is 0. The van der Waals surface area contributed by atoms with Gasteiger partial charge in [-0.3, -0.25) is 0 Å². The number of aliphatic hydroxyl groups excluding tert-OH is 2. The van der Waals surface area contributed by atoms with Crippen LogP contribution in [0, 0.1) is 0 Å². The molecule has 8 heteroatoms. The third-order valence-electron chi connectivity index (χ3n) is 3.65. The van der Waals surface area contributed by atoms with Gasteiger partial charge in [0.2, 0.25) is 5.82 Å². The average Bonchev–Trinajstić information content (AvgIpc) is 2.81. The molecule has 0 amide bonds. The van der Waals surface area contributed by atoms with E-state index in [4.69, 9.17) is 5.73 Å². The van der Waals surface area contributed by atoms with Crippen LogP contribution in [0.15, 0.2) is 18.2 Å². The predicted octanol–water partition coefficient (Wildman–Crippen LogP) is 1.73. The van der Waals surface area contributed by atoms with Crippen molar-refractivity contribution in [3.8, 4) is 0 Å². The molecule has 0 spiro atoms. The van der Waals surface area contributed by atoms with Crippen LogP contribution in [0.3, 0.4) is 0 Å². The van der Waals surface area contributed by atoms with Gasteiger partial charge in [-0.25, -0.2) is 4.98 Å². The van der Waals surface area contributed by atoms with Gasteiger partial charge in [-0.05, 0) is 24.6 Å². The van der Waals surface area contributed by atoms with Crippen LogP contribution in [-0.4, -0.2) is 33.0 Å². The number of nitrogens with two attached hydrogens (primary N) is 1. The largest absolute Gasteiger partial charge is 0.449 e. The van der Waals surface area contributed by atoms with E-state index in [9.17, 15) is 23.4 Å². The van der Waals surface area contributed by atoms with Gasteiger partial charge in [0.1, 0.15) is 0 Å². The number of aliphatic hydroxyl groups is 2. The van der Waals surface area contributed by atoms with Gasteiger partial charge in [0.15, 0.2) is 0 Å². The number of aromatic nitrogens is 2. The lowest BCUT2D eigenvalue weighted by atomic mass is 9.97. The second kappa shape index (κ2) is 5.19. The number of nitrogens with zero attached hydrogens (tertiary/aromatic N) is 2. The van der Waals surface area contributed by atoms with Crippen LogP contribution in [-0.2, 0) is 11.7 Å². The van der Waals surface area contributed by atoms with Crippen molar-refractivity contribution in [1.29, 1.82) is 0 Å². The zero-order valence-electron chi connectivity index (χ0n) is 11.4. The van der Waals surface area contributed by atoms with Crippen molar-refractivity contribution in [3.05, 3.63) is 24.0 Å². The van der Waals surface area contributed by atoms with Crippen molar-refractivity contribution in [2.75, 3.05) is 18.9 Å². The third-order valence-corrected chi connectivity index (χ3v) is 3.65. The van der Waals surface area contributed by atoms with Crippen LogP contribution in [0.5, 0.6) is 0 Å². The number of rotatable bonds is 4. The Balaban J connectivity index is 2.87. The number of hydrogen-bond donors (Lipinski definition) is 3. The first-order chi connectivity index (χ1) is 9.79. The first-order valence-corrected chi connectivity index (χ1v) is 6.36. The monoisotopic (exact) mass is 303 g/mol. The average molecular weight is 303 g/mol. The quantitative estimate of drug-likeness (QED) is 0.751. The van der Waals surface area contributed by atoms with Gasteiger partial charge in [0, 0.05) is 5.69 Å². The molecular formula is C13H16F3N3O2. The molecule has 0 unspecified atom stereocenters. The molecule has 0 radical (unpaired) electrons. The summed E-state index contributed by atoms with van der Waals surface area (Å²) in [5.74, 6) is -1.16. The highest BCUT2D eigenvalue weighted by Crippen LogP contribution is 2.37. The van der Waals surface area contributed by atoms with E-state index in [1.54, 1.807) is 6.92 Å². The van der Waals surface area contributed by atoms with Gasteiger partial charge < -0.3 is 20.5 Å². The standard InChI is InChI=1S/C13H16F3N3O2/c1-2-12(6-20,7-21)19-10-4-3-8(17)5-9(10)18-11(19)13(14,15)16/h3-5,20-21H,2,6-7,17H2,1H3. The molecule has 1 aromatic carbocycles. The first-order valence-electron chi connectivity index (χ1n) is 6.36. The number of fused-ring (bicyclic) bond motifs is 1. The molecule has 0 atom stereocenters. The lowest BCUT2D eigenvalue weighted by molar-refractivity contribution is -0.150. The van der Waals surface area contributed by atoms with Crippen molar-refractivity contribution in [2.24, 2.45) is 0 Å². The lowest BCUT2D eigenvalue weighted by Gasteiger charge is -2.32. The van der Waals surface area contributed by atoms with E-state index in [0.29, 0.717) is 0 Å². The van der Waals surface area contributed by atoms with Crippen molar-refractivity contribution in [3.63, 3.8) is 0 Å². The Morgan fingerprint density at radius 2 is 1.86 bits per heavy atom. The highest BCUT2D eigenvalue weighted by molar-refractivity contribution is 5.80. The van der Waals surface area contributed by atoms with Gasteiger partial charge >= 0.3 is 6.18 Å². The fourth-order valence-electron chi connectivity index (χ4n) is 2.34. The molecule has 0 aliphatic rings. The second-order valence-electron chi connectivity index (χ2n) is 4.91. The van der Waals surface area contributed by atoms with E-state index in [1.807, 2.05) is 0 Å². The topological polar surface area (TPSA) is 84.3 Å². The maximum Gasteiger partial charge on any atom is 0.449 e. The molecule has 0 fully saturated rings. The minimum absolute atomic E-state index is 0.0713. The van der Waals surface area contributed by atoms with Gasteiger partial charge in [0.05, 0.1) is 29.8 Å². The Morgan fingerprint density at radius 3 is 2.33 bits per heavy atom. The van der Waals surface area contributed by atoms with Crippen LogP contribution < -0.4 is 5.73 Å². The van der Waals surface area contributed by atoms with E-state index >= 15 is 0 Å². The summed E-state index contributed by atoms with van der Waals surface area (Å²) in [5, 5.41) is 19.1. The molecule has 0 saturated heterocycles. The SMILES string of the molecule is CCC(CO)(CO)n1c(C(F)(F)F)nc2cc(N)ccc21. The molecule has 0 saturated carbocycles. The van der Waals surface area contributed by atoms with E-state index in [-0.39, 0.29) is 23.1 Å². The van der Waals surface area contributed by atoms with E-state index < -0.39 is 30.8 Å². The summed E-state index contributed by atoms with van der Waals surface area (Å²) in [6, 6.07) is 4.19. The molecule has 0 aliphatic heterocycles. The Labute approximate surface area is 118 Å². The van der Waals surface area contributed by atoms with Crippen LogP contribution in [0.1, 0.15) is 19.2 Å². The van der Waals surface area contributed by atoms with Gasteiger partial charge in [-0.2, -0.15) is 13.2 Å². The second-order valence-corrected chi connectivity index (χ2v) is 4.91. The summed E-state index contributed by atoms with van der Waals surface area (Å²) in [5.41, 5.74) is 4.62.